The molecule has 5 nitrogen and oxygen atoms in total. The van der Waals surface area contributed by atoms with Gasteiger partial charge < -0.3 is 14.6 Å². The summed E-state index contributed by atoms with van der Waals surface area (Å²) in [4.78, 5) is 15.1. The zero-order chi connectivity index (χ0) is 23.3. The molecule has 1 aromatic heterocycles. The molecule has 3 aromatic rings. The summed E-state index contributed by atoms with van der Waals surface area (Å²) >= 11 is 0. The van der Waals surface area contributed by atoms with Crippen molar-refractivity contribution in [2.24, 2.45) is 5.92 Å². The van der Waals surface area contributed by atoms with Gasteiger partial charge in [-0.1, -0.05) is 24.3 Å². The van der Waals surface area contributed by atoms with E-state index in [2.05, 4.69) is 28.4 Å². The molecular formula is C29H33N3O2. The van der Waals surface area contributed by atoms with Gasteiger partial charge in [-0.25, -0.2) is 0 Å². The number of nitrogens with one attached hydrogen (secondary N) is 1. The van der Waals surface area contributed by atoms with Crippen LogP contribution in [0.25, 0.3) is 11.0 Å². The number of rotatable bonds is 6. The third-order valence-electron chi connectivity index (χ3n) is 7.61. The first-order chi connectivity index (χ1) is 16.7. The van der Waals surface area contributed by atoms with Crippen molar-refractivity contribution >= 4 is 16.9 Å². The Morgan fingerprint density at radius 1 is 1.03 bits per heavy atom. The lowest BCUT2D eigenvalue weighted by Crippen LogP contribution is -2.39. The minimum absolute atomic E-state index is 0.0613. The van der Waals surface area contributed by atoms with Crippen molar-refractivity contribution in [2.75, 3.05) is 19.6 Å². The van der Waals surface area contributed by atoms with Crippen molar-refractivity contribution in [3.8, 4) is 6.07 Å². The third kappa shape index (κ3) is 5.51. The lowest BCUT2D eigenvalue weighted by atomic mass is 9.84. The van der Waals surface area contributed by atoms with Crippen LogP contribution in [0.4, 0.5) is 0 Å². The van der Waals surface area contributed by atoms with Crippen LogP contribution in [0.3, 0.4) is 0 Å². The smallest absolute Gasteiger partial charge is 0.227 e. The first kappa shape index (κ1) is 22.7. The number of benzene rings is 2. The Labute approximate surface area is 201 Å². The van der Waals surface area contributed by atoms with Gasteiger partial charge in [0.15, 0.2) is 0 Å². The second-order valence-electron chi connectivity index (χ2n) is 9.94. The van der Waals surface area contributed by atoms with Gasteiger partial charge >= 0.3 is 0 Å². The molecule has 176 valence electrons. The Kier molecular flexibility index (Phi) is 6.97. The lowest BCUT2D eigenvalue weighted by molar-refractivity contribution is -0.121. The van der Waals surface area contributed by atoms with Crippen molar-refractivity contribution in [3.05, 3.63) is 71.0 Å². The maximum Gasteiger partial charge on any atom is 0.227 e. The van der Waals surface area contributed by atoms with Gasteiger partial charge in [-0.15, -0.1) is 0 Å². The molecule has 0 bridgehead atoms. The highest BCUT2D eigenvalue weighted by molar-refractivity contribution is 5.82. The highest BCUT2D eigenvalue weighted by atomic mass is 16.3. The number of nitrogens with zero attached hydrogens (tertiary/aromatic N) is 2. The summed E-state index contributed by atoms with van der Waals surface area (Å²) in [5.41, 5.74) is 4.36. The summed E-state index contributed by atoms with van der Waals surface area (Å²) in [6.45, 7) is 3.33. The first-order valence-corrected chi connectivity index (χ1v) is 12.7. The molecule has 1 aliphatic heterocycles. The minimum atomic E-state index is 0.0613. The van der Waals surface area contributed by atoms with E-state index in [0.29, 0.717) is 6.42 Å². The molecule has 2 aliphatic rings. The Hall–Kier alpha value is -3.10. The second-order valence-corrected chi connectivity index (χ2v) is 9.94. The van der Waals surface area contributed by atoms with Gasteiger partial charge in [0.25, 0.3) is 0 Å². The quantitative estimate of drug-likeness (QED) is 0.567. The number of hydrogen-bond donors (Lipinski definition) is 1. The molecule has 1 amide bonds. The van der Waals surface area contributed by atoms with Crippen LogP contribution < -0.4 is 5.32 Å². The van der Waals surface area contributed by atoms with Crippen LogP contribution in [0.1, 0.15) is 54.6 Å². The largest absolute Gasteiger partial charge is 0.461 e. The summed E-state index contributed by atoms with van der Waals surface area (Å²) in [5.74, 6) is 1.54. The Balaban J connectivity index is 1.03. The standard InChI is InChI=1S/C29H33N3O2/c30-20-22-5-8-23-12-15-32(16-13-24(23)17-22)14-11-21-6-9-26(10-7-21)31-29(33)19-27-18-25-3-1-2-4-28(25)34-27/h1-5,8,17-18,21,26H,6-7,9-16,19H2,(H,31,33). The molecule has 0 unspecified atom stereocenters. The highest BCUT2D eigenvalue weighted by Gasteiger charge is 2.24. The molecule has 0 atom stereocenters. The van der Waals surface area contributed by atoms with E-state index in [1.54, 1.807) is 0 Å². The molecular weight excluding hydrogens is 422 g/mol. The fourth-order valence-corrected chi connectivity index (χ4v) is 5.59. The maximum absolute atomic E-state index is 12.5. The summed E-state index contributed by atoms with van der Waals surface area (Å²) in [7, 11) is 0. The molecule has 0 spiro atoms. The first-order valence-electron chi connectivity index (χ1n) is 12.7. The Morgan fingerprint density at radius 2 is 1.82 bits per heavy atom. The fraction of sp³-hybridized carbons (Fsp3) is 0.448. The van der Waals surface area contributed by atoms with Crippen LogP contribution >= 0.6 is 0 Å². The Morgan fingerprint density at radius 3 is 2.62 bits per heavy atom. The number of nitriles is 1. The van der Waals surface area contributed by atoms with Crippen LogP contribution in [0, 0.1) is 17.2 Å². The molecule has 34 heavy (non-hydrogen) atoms. The average molecular weight is 456 g/mol. The molecule has 1 N–H and O–H groups in total. The second kappa shape index (κ2) is 10.4. The van der Waals surface area contributed by atoms with Gasteiger partial charge in [-0.3, -0.25) is 4.79 Å². The number of carbonyl (C=O) groups excluding carboxylic acids is 1. The molecule has 5 heteroatoms. The molecule has 0 saturated heterocycles. The van der Waals surface area contributed by atoms with E-state index in [4.69, 9.17) is 9.68 Å². The van der Waals surface area contributed by atoms with E-state index in [-0.39, 0.29) is 11.9 Å². The maximum atomic E-state index is 12.5. The van der Waals surface area contributed by atoms with Crippen molar-refractivity contribution in [3.63, 3.8) is 0 Å². The zero-order valence-corrected chi connectivity index (χ0v) is 19.8. The fourth-order valence-electron chi connectivity index (χ4n) is 5.59. The normalized spacial score (nSPS) is 20.9. The van der Waals surface area contributed by atoms with E-state index >= 15 is 0 Å². The van der Waals surface area contributed by atoms with Crippen molar-refractivity contribution in [1.82, 2.24) is 10.2 Å². The van der Waals surface area contributed by atoms with Crippen molar-refractivity contribution < 1.29 is 9.21 Å². The summed E-state index contributed by atoms with van der Waals surface area (Å²) in [6.07, 6.45) is 8.17. The van der Waals surface area contributed by atoms with E-state index < -0.39 is 0 Å². The van der Waals surface area contributed by atoms with Gasteiger partial charge in [0, 0.05) is 24.5 Å². The minimum Gasteiger partial charge on any atom is -0.461 e. The van der Waals surface area contributed by atoms with Gasteiger partial charge in [0.1, 0.15) is 11.3 Å². The predicted octanol–water partition coefficient (Wildman–Crippen LogP) is 5.01. The third-order valence-corrected chi connectivity index (χ3v) is 7.61. The van der Waals surface area contributed by atoms with Crippen molar-refractivity contribution in [1.29, 1.82) is 5.26 Å². The van der Waals surface area contributed by atoms with Gasteiger partial charge in [-0.2, -0.15) is 5.26 Å². The number of furan rings is 1. The van der Waals surface area contributed by atoms with Crippen molar-refractivity contribution in [2.45, 2.75) is 57.4 Å². The van der Waals surface area contributed by atoms with E-state index in [9.17, 15) is 4.79 Å². The predicted molar refractivity (Wildman–Crippen MR) is 133 cm³/mol. The van der Waals surface area contributed by atoms with Crippen LogP contribution in [0.5, 0.6) is 0 Å². The molecule has 0 radical (unpaired) electrons. The molecule has 2 aromatic carbocycles. The molecule has 2 heterocycles. The number of amides is 1. The van der Waals surface area contributed by atoms with Crippen LogP contribution in [-0.2, 0) is 24.1 Å². The van der Waals surface area contributed by atoms with Gasteiger partial charge in [0.2, 0.25) is 5.91 Å². The van der Waals surface area contributed by atoms with E-state index in [1.165, 1.54) is 30.4 Å². The number of hydrogen-bond acceptors (Lipinski definition) is 4. The lowest BCUT2D eigenvalue weighted by Gasteiger charge is -2.30. The zero-order valence-electron chi connectivity index (χ0n) is 19.8. The van der Waals surface area contributed by atoms with Gasteiger partial charge in [-0.05, 0) is 92.8 Å². The number of fused-ring (bicyclic) bond motifs is 2. The molecule has 1 saturated carbocycles. The average Bonchev–Trinajstić information content (AvgIpc) is 3.15. The van der Waals surface area contributed by atoms with E-state index in [0.717, 1.165) is 73.5 Å². The summed E-state index contributed by atoms with van der Waals surface area (Å²) in [5, 5.41) is 13.4. The molecule has 1 fully saturated rings. The van der Waals surface area contributed by atoms with Gasteiger partial charge in [0.05, 0.1) is 18.1 Å². The monoisotopic (exact) mass is 455 g/mol. The summed E-state index contributed by atoms with van der Waals surface area (Å²) in [6, 6.07) is 18.6. The molecule has 5 rings (SSSR count). The summed E-state index contributed by atoms with van der Waals surface area (Å²) < 4.78 is 5.80. The number of carbonyl (C=O) groups is 1. The topological polar surface area (TPSA) is 69.3 Å². The number of para-hydroxylation sites is 1. The van der Waals surface area contributed by atoms with Crippen LogP contribution in [0.15, 0.2) is 52.9 Å². The highest BCUT2D eigenvalue weighted by Crippen LogP contribution is 2.28. The van der Waals surface area contributed by atoms with E-state index in [1.807, 2.05) is 36.4 Å². The van der Waals surface area contributed by atoms with Crippen LogP contribution in [0.2, 0.25) is 0 Å². The SMILES string of the molecule is N#Cc1ccc2c(c1)CCN(CCC1CCC(NC(=O)Cc3cc4ccccc4o3)CC1)CC2. The Bertz CT molecular complexity index is 1150. The molecule has 1 aliphatic carbocycles. The van der Waals surface area contributed by atoms with Crippen LogP contribution in [-0.4, -0.2) is 36.5 Å².